The summed E-state index contributed by atoms with van der Waals surface area (Å²) in [7, 11) is 0. The van der Waals surface area contributed by atoms with Crippen LogP contribution in [0.3, 0.4) is 0 Å². The molecule has 1 aliphatic heterocycles. The first-order valence-electron chi connectivity index (χ1n) is 6.47. The summed E-state index contributed by atoms with van der Waals surface area (Å²) in [4.78, 5) is 12.2. The Morgan fingerprint density at radius 2 is 2.00 bits per heavy atom. The number of nitrogens with one attached hydrogen (secondary N) is 1. The van der Waals surface area contributed by atoms with Crippen LogP contribution in [0.15, 0.2) is 45.6 Å². The summed E-state index contributed by atoms with van der Waals surface area (Å²) in [6.07, 6.45) is 0. The normalized spacial score (nSPS) is 20.3. The van der Waals surface area contributed by atoms with E-state index in [1.54, 1.807) is 13.0 Å². The van der Waals surface area contributed by atoms with Gasteiger partial charge in [0.1, 0.15) is 17.4 Å². The Morgan fingerprint density at radius 1 is 1.29 bits per heavy atom. The van der Waals surface area contributed by atoms with E-state index in [1.165, 1.54) is 0 Å². The zero-order valence-electron chi connectivity index (χ0n) is 11.3. The van der Waals surface area contributed by atoms with E-state index in [-0.39, 0.29) is 5.90 Å². The topological polar surface area (TPSA) is 87.1 Å². The maximum Gasteiger partial charge on any atom is 0.343 e. The second kappa shape index (κ2) is 4.91. The zero-order chi connectivity index (χ0) is 15.0. The van der Waals surface area contributed by atoms with Crippen LogP contribution in [0.5, 0.6) is 5.75 Å². The van der Waals surface area contributed by atoms with Gasteiger partial charge in [-0.1, -0.05) is 30.3 Å². The molecule has 1 aromatic heterocycles. The van der Waals surface area contributed by atoms with Gasteiger partial charge in [-0.2, -0.15) is 5.26 Å². The van der Waals surface area contributed by atoms with E-state index < -0.39 is 17.5 Å². The molecule has 5 nitrogen and oxygen atoms in total. The van der Waals surface area contributed by atoms with Crippen molar-refractivity contribution in [3.63, 3.8) is 0 Å². The van der Waals surface area contributed by atoms with Gasteiger partial charge in [-0.15, -0.1) is 0 Å². The van der Waals surface area contributed by atoms with Gasteiger partial charge in [0, 0.05) is 12.0 Å². The highest BCUT2D eigenvalue weighted by molar-refractivity contribution is 5.84. The van der Waals surface area contributed by atoms with Crippen molar-refractivity contribution in [1.82, 2.24) is 0 Å². The predicted molar refractivity (Wildman–Crippen MR) is 75.5 cm³/mol. The molecule has 0 saturated carbocycles. The van der Waals surface area contributed by atoms with Crippen LogP contribution in [-0.2, 0) is 0 Å². The van der Waals surface area contributed by atoms with Crippen molar-refractivity contribution in [3.05, 3.63) is 63.7 Å². The van der Waals surface area contributed by atoms with Gasteiger partial charge in [0.2, 0.25) is 5.90 Å². The SMILES string of the molecule is Cc1cc2c(c(=O)o1)C(c1ccccc1)C(C#N)C(=N)O2. The summed E-state index contributed by atoms with van der Waals surface area (Å²) in [5, 5.41) is 17.3. The van der Waals surface area contributed by atoms with Crippen molar-refractivity contribution < 1.29 is 9.15 Å². The highest BCUT2D eigenvalue weighted by atomic mass is 16.5. The summed E-state index contributed by atoms with van der Waals surface area (Å²) in [5.41, 5.74) is 0.565. The van der Waals surface area contributed by atoms with Gasteiger partial charge in [-0.25, -0.2) is 4.79 Å². The Balaban J connectivity index is 2.29. The Labute approximate surface area is 120 Å². The summed E-state index contributed by atoms with van der Waals surface area (Å²) in [5.74, 6) is -0.832. The molecule has 2 aromatic rings. The van der Waals surface area contributed by atoms with E-state index >= 15 is 0 Å². The van der Waals surface area contributed by atoms with Gasteiger partial charge in [-0.05, 0) is 12.5 Å². The minimum absolute atomic E-state index is 0.149. The Morgan fingerprint density at radius 3 is 2.67 bits per heavy atom. The van der Waals surface area contributed by atoms with Crippen LogP contribution in [0.1, 0.15) is 22.8 Å². The van der Waals surface area contributed by atoms with E-state index in [2.05, 4.69) is 6.07 Å². The van der Waals surface area contributed by atoms with Crippen molar-refractivity contribution >= 4 is 5.90 Å². The number of nitrogens with zero attached hydrogens (tertiary/aromatic N) is 1. The minimum Gasteiger partial charge on any atom is -0.441 e. The molecule has 2 unspecified atom stereocenters. The quantitative estimate of drug-likeness (QED) is 0.869. The largest absolute Gasteiger partial charge is 0.441 e. The van der Waals surface area contributed by atoms with Crippen LogP contribution in [0.25, 0.3) is 0 Å². The highest BCUT2D eigenvalue weighted by Crippen LogP contribution is 2.40. The summed E-state index contributed by atoms with van der Waals surface area (Å²) < 4.78 is 10.5. The lowest BCUT2D eigenvalue weighted by Gasteiger charge is -2.29. The lowest BCUT2D eigenvalue weighted by molar-refractivity contribution is 0.403. The van der Waals surface area contributed by atoms with Crippen LogP contribution in [0.2, 0.25) is 0 Å². The van der Waals surface area contributed by atoms with Gasteiger partial charge in [-0.3, -0.25) is 5.41 Å². The molecule has 1 aliphatic rings. The lowest BCUT2D eigenvalue weighted by Crippen LogP contribution is -2.34. The Hall–Kier alpha value is -2.87. The van der Waals surface area contributed by atoms with E-state index in [0.717, 1.165) is 5.56 Å². The third-order valence-corrected chi connectivity index (χ3v) is 3.52. The zero-order valence-corrected chi connectivity index (χ0v) is 11.3. The smallest absolute Gasteiger partial charge is 0.343 e. The first-order chi connectivity index (χ1) is 10.1. The standard InChI is InChI=1S/C16H12N2O3/c1-9-7-12-14(16(19)20-9)13(10-5-3-2-4-6-10)11(8-17)15(18)21-12/h2-7,11,13,18H,1H3. The van der Waals surface area contributed by atoms with Crippen molar-refractivity contribution in [2.45, 2.75) is 12.8 Å². The third kappa shape index (κ3) is 2.11. The molecular weight excluding hydrogens is 268 g/mol. The fourth-order valence-corrected chi connectivity index (χ4v) is 2.61. The molecule has 5 heteroatoms. The molecular formula is C16H12N2O3. The van der Waals surface area contributed by atoms with Gasteiger partial charge in [0.15, 0.2) is 0 Å². The van der Waals surface area contributed by atoms with Crippen LogP contribution in [0.4, 0.5) is 0 Å². The van der Waals surface area contributed by atoms with Gasteiger partial charge >= 0.3 is 5.63 Å². The van der Waals surface area contributed by atoms with Gasteiger partial charge in [0.25, 0.3) is 0 Å². The Kier molecular flexibility index (Phi) is 3.07. The minimum atomic E-state index is -0.842. The number of hydrogen-bond donors (Lipinski definition) is 1. The third-order valence-electron chi connectivity index (χ3n) is 3.52. The van der Waals surface area contributed by atoms with Crippen molar-refractivity contribution in [2.75, 3.05) is 0 Å². The summed E-state index contributed by atoms with van der Waals surface area (Å²) in [6, 6.07) is 12.8. The number of fused-ring (bicyclic) bond motifs is 1. The molecule has 3 rings (SSSR count). The number of benzene rings is 1. The molecule has 2 atom stereocenters. The van der Waals surface area contributed by atoms with Crippen molar-refractivity contribution in [3.8, 4) is 11.8 Å². The number of aryl methyl sites for hydroxylation is 1. The number of nitriles is 1. The van der Waals surface area contributed by atoms with Crippen molar-refractivity contribution in [2.24, 2.45) is 5.92 Å². The average molecular weight is 280 g/mol. The number of hydrogen-bond acceptors (Lipinski definition) is 5. The molecule has 0 saturated heterocycles. The maximum absolute atomic E-state index is 12.2. The molecule has 0 aliphatic carbocycles. The summed E-state index contributed by atoms with van der Waals surface area (Å²) in [6.45, 7) is 1.64. The second-order valence-corrected chi connectivity index (χ2v) is 4.88. The highest BCUT2D eigenvalue weighted by Gasteiger charge is 2.39. The molecule has 0 fully saturated rings. The van der Waals surface area contributed by atoms with E-state index in [4.69, 9.17) is 14.6 Å². The molecule has 1 aromatic carbocycles. The van der Waals surface area contributed by atoms with E-state index in [0.29, 0.717) is 17.1 Å². The molecule has 2 heterocycles. The molecule has 0 radical (unpaired) electrons. The fraction of sp³-hybridized carbons (Fsp3) is 0.188. The van der Waals surface area contributed by atoms with Crippen LogP contribution >= 0.6 is 0 Å². The number of ether oxygens (including phenoxy) is 1. The fourth-order valence-electron chi connectivity index (χ4n) is 2.61. The van der Waals surface area contributed by atoms with Gasteiger partial charge in [0.05, 0.1) is 11.6 Å². The lowest BCUT2D eigenvalue weighted by atomic mass is 9.80. The first-order valence-corrected chi connectivity index (χ1v) is 6.47. The predicted octanol–water partition coefficient (Wildman–Crippen LogP) is 2.59. The summed E-state index contributed by atoms with van der Waals surface area (Å²) >= 11 is 0. The molecule has 0 amide bonds. The number of rotatable bonds is 1. The Bertz CT molecular complexity index is 803. The van der Waals surface area contributed by atoms with E-state index in [1.807, 2.05) is 30.3 Å². The first kappa shape index (κ1) is 13.1. The van der Waals surface area contributed by atoms with E-state index in [9.17, 15) is 10.1 Å². The second-order valence-electron chi connectivity index (χ2n) is 4.88. The molecule has 1 N–H and O–H groups in total. The molecule has 21 heavy (non-hydrogen) atoms. The van der Waals surface area contributed by atoms with Crippen LogP contribution < -0.4 is 10.4 Å². The van der Waals surface area contributed by atoms with Crippen LogP contribution in [0, 0.1) is 29.6 Å². The van der Waals surface area contributed by atoms with Gasteiger partial charge < -0.3 is 9.15 Å². The van der Waals surface area contributed by atoms with Crippen LogP contribution in [-0.4, -0.2) is 5.90 Å². The molecule has 0 spiro atoms. The molecule has 0 bridgehead atoms. The average Bonchev–Trinajstić information content (AvgIpc) is 2.46. The maximum atomic E-state index is 12.2. The van der Waals surface area contributed by atoms with Crippen molar-refractivity contribution in [1.29, 1.82) is 10.7 Å². The monoisotopic (exact) mass is 280 g/mol. The molecule has 104 valence electrons.